The number of nitrogens with one attached hydrogen (secondary N) is 2. The monoisotopic (exact) mass is 469 g/mol. The molecule has 2 amide bonds. The Morgan fingerprint density at radius 1 is 1.09 bits per heavy atom. The zero-order valence-corrected chi connectivity index (χ0v) is 19.5. The number of rotatable bonds is 10. The van der Waals surface area contributed by atoms with Gasteiger partial charge in [-0.2, -0.15) is 0 Å². The Morgan fingerprint density at radius 2 is 1.82 bits per heavy atom. The van der Waals surface area contributed by atoms with Crippen LogP contribution in [0.5, 0.6) is 0 Å². The maximum absolute atomic E-state index is 12.9. The number of para-hydroxylation sites is 1. The van der Waals surface area contributed by atoms with Crippen LogP contribution in [0.2, 0.25) is 0 Å². The lowest BCUT2D eigenvalue weighted by atomic mass is 9.98. The summed E-state index contributed by atoms with van der Waals surface area (Å²) >= 11 is 0. The number of carbonyl (C=O) groups excluding carboxylic acids is 2. The maximum atomic E-state index is 12.9. The smallest absolute Gasteiger partial charge is 0.253 e. The van der Waals surface area contributed by atoms with Crippen LogP contribution < -0.4 is 10.6 Å². The van der Waals surface area contributed by atoms with Gasteiger partial charge >= 0.3 is 0 Å². The highest BCUT2D eigenvalue weighted by atomic mass is 32.2. The fraction of sp³-hybridized carbons (Fsp3) is 0.360. The number of nitrogens with zero attached hydrogens (tertiary/aromatic N) is 1. The molecule has 8 heteroatoms. The van der Waals surface area contributed by atoms with Gasteiger partial charge in [-0.3, -0.25) is 9.59 Å². The van der Waals surface area contributed by atoms with E-state index in [4.69, 9.17) is 0 Å². The van der Waals surface area contributed by atoms with Crippen molar-refractivity contribution in [3.05, 3.63) is 78.4 Å². The summed E-state index contributed by atoms with van der Waals surface area (Å²) in [5.41, 5.74) is 1.88. The van der Waals surface area contributed by atoms with Crippen molar-refractivity contribution in [2.45, 2.75) is 25.7 Å². The number of piperidine rings is 1. The molecular weight excluding hydrogens is 438 g/mol. The first-order valence-electron chi connectivity index (χ1n) is 11.2. The standard InChI is InChI=1S/C25H31N3O4S/c1-2-16-26-25(30)22-14-6-7-15-23(22)27-24(29)21-13-8-17-28(19-21)33(31,32)18-9-12-20-10-4-3-5-11-20/h2-7,10-11,14-15,21H,1,8-9,12-13,16-19H2,(H,26,30)(H,27,29)/t21-/m1/s1. The van der Waals surface area contributed by atoms with Crippen LogP contribution in [0.25, 0.3) is 0 Å². The van der Waals surface area contributed by atoms with Gasteiger partial charge in [0.25, 0.3) is 5.91 Å². The van der Waals surface area contributed by atoms with E-state index in [1.54, 1.807) is 30.3 Å². The largest absolute Gasteiger partial charge is 0.349 e. The third-order valence-electron chi connectivity index (χ3n) is 5.70. The molecule has 33 heavy (non-hydrogen) atoms. The summed E-state index contributed by atoms with van der Waals surface area (Å²) in [6.45, 7) is 4.49. The Bertz CT molecular complexity index is 1070. The summed E-state index contributed by atoms with van der Waals surface area (Å²) in [7, 11) is -3.44. The molecule has 0 bridgehead atoms. The molecule has 1 saturated heterocycles. The number of hydrogen-bond acceptors (Lipinski definition) is 4. The molecule has 0 aromatic heterocycles. The fourth-order valence-electron chi connectivity index (χ4n) is 3.93. The summed E-state index contributed by atoms with van der Waals surface area (Å²) in [5.74, 6) is -0.991. The van der Waals surface area contributed by atoms with Gasteiger partial charge < -0.3 is 10.6 Å². The first-order chi connectivity index (χ1) is 15.9. The molecule has 1 fully saturated rings. The second-order valence-corrected chi connectivity index (χ2v) is 10.2. The minimum Gasteiger partial charge on any atom is -0.349 e. The van der Waals surface area contributed by atoms with E-state index in [9.17, 15) is 18.0 Å². The second kappa shape index (κ2) is 11.8. The Labute approximate surface area is 195 Å². The molecule has 1 aliphatic heterocycles. The molecule has 2 aromatic carbocycles. The van der Waals surface area contributed by atoms with E-state index in [2.05, 4.69) is 17.2 Å². The van der Waals surface area contributed by atoms with Crippen molar-refractivity contribution in [3.63, 3.8) is 0 Å². The van der Waals surface area contributed by atoms with Crippen molar-refractivity contribution in [2.24, 2.45) is 5.92 Å². The molecule has 1 heterocycles. The Hall–Kier alpha value is -2.97. The first kappa shape index (κ1) is 24.7. The van der Waals surface area contributed by atoms with Crippen LogP contribution in [0.15, 0.2) is 67.3 Å². The third kappa shape index (κ3) is 7.00. The van der Waals surface area contributed by atoms with Gasteiger partial charge in [0.2, 0.25) is 15.9 Å². The maximum Gasteiger partial charge on any atom is 0.253 e. The first-order valence-corrected chi connectivity index (χ1v) is 12.8. The van der Waals surface area contributed by atoms with Crippen LogP contribution >= 0.6 is 0 Å². The minimum atomic E-state index is -3.44. The number of anilines is 1. The molecule has 1 aliphatic rings. The number of hydrogen-bond donors (Lipinski definition) is 2. The van der Waals surface area contributed by atoms with Gasteiger partial charge in [0.15, 0.2) is 0 Å². The topological polar surface area (TPSA) is 95.6 Å². The molecule has 176 valence electrons. The van der Waals surface area contributed by atoms with Crippen molar-refractivity contribution in [1.29, 1.82) is 0 Å². The normalized spacial score (nSPS) is 16.7. The quantitative estimate of drug-likeness (QED) is 0.523. The lowest BCUT2D eigenvalue weighted by Gasteiger charge is -2.31. The molecule has 3 rings (SSSR count). The number of amides is 2. The SMILES string of the molecule is C=CCNC(=O)c1ccccc1NC(=O)[C@@H]1CCCN(S(=O)(=O)CCCc2ccccc2)C1. The van der Waals surface area contributed by atoms with Gasteiger partial charge in [0.05, 0.1) is 22.9 Å². The van der Waals surface area contributed by atoms with E-state index in [-0.39, 0.29) is 24.1 Å². The second-order valence-electron chi connectivity index (χ2n) is 8.14. The van der Waals surface area contributed by atoms with E-state index in [0.29, 0.717) is 50.0 Å². The molecule has 0 spiro atoms. The van der Waals surface area contributed by atoms with Crippen LogP contribution in [0.1, 0.15) is 35.2 Å². The number of sulfonamides is 1. The number of benzene rings is 2. The van der Waals surface area contributed by atoms with Crippen LogP contribution in [-0.2, 0) is 21.2 Å². The number of aryl methyl sites for hydroxylation is 1. The summed E-state index contributed by atoms with van der Waals surface area (Å²) in [4.78, 5) is 25.3. The van der Waals surface area contributed by atoms with E-state index >= 15 is 0 Å². The molecule has 0 unspecified atom stereocenters. The highest BCUT2D eigenvalue weighted by molar-refractivity contribution is 7.89. The van der Waals surface area contributed by atoms with Gasteiger partial charge in [-0.1, -0.05) is 48.5 Å². The zero-order valence-electron chi connectivity index (χ0n) is 18.7. The van der Waals surface area contributed by atoms with Gasteiger partial charge in [-0.05, 0) is 43.4 Å². The summed E-state index contributed by atoms with van der Waals surface area (Å²) in [5, 5.41) is 5.53. The average Bonchev–Trinajstić information content (AvgIpc) is 2.83. The van der Waals surface area contributed by atoms with Crippen molar-refractivity contribution in [1.82, 2.24) is 9.62 Å². The van der Waals surface area contributed by atoms with Gasteiger partial charge in [0.1, 0.15) is 0 Å². The van der Waals surface area contributed by atoms with Crippen LogP contribution in [0, 0.1) is 5.92 Å². The van der Waals surface area contributed by atoms with Crippen molar-refractivity contribution in [3.8, 4) is 0 Å². The minimum absolute atomic E-state index is 0.0581. The Morgan fingerprint density at radius 3 is 2.58 bits per heavy atom. The molecule has 0 aliphatic carbocycles. The van der Waals surface area contributed by atoms with E-state index in [1.165, 1.54) is 4.31 Å². The lowest BCUT2D eigenvalue weighted by molar-refractivity contribution is -0.120. The van der Waals surface area contributed by atoms with Gasteiger partial charge in [0, 0.05) is 19.6 Å². The molecule has 0 saturated carbocycles. The number of carbonyl (C=O) groups is 2. The zero-order chi connectivity index (χ0) is 23.7. The Balaban J connectivity index is 1.59. The van der Waals surface area contributed by atoms with E-state index < -0.39 is 15.9 Å². The van der Waals surface area contributed by atoms with Gasteiger partial charge in [-0.15, -0.1) is 6.58 Å². The van der Waals surface area contributed by atoms with Crippen LogP contribution in [0.4, 0.5) is 5.69 Å². The van der Waals surface area contributed by atoms with E-state index in [0.717, 1.165) is 5.56 Å². The third-order valence-corrected chi connectivity index (χ3v) is 7.62. The van der Waals surface area contributed by atoms with Crippen molar-refractivity contribution >= 4 is 27.5 Å². The van der Waals surface area contributed by atoms with Crippen molar-refractivity contribution < 1.29 is 18.0 Å². The molecule has 2 N–H and O–H groups in total. The molecule has 0 radical (unpaired) electrons. The highest BCUT2D eigenvalue weighted by Gasteiger charge is 2.32. The molecule has 2 aromatic rings. The summed E-state index contributed by atoms with van der Waals surface area (Å²) < 4.78 is 27.2. The lowest BCUT2D eigenvalue weighted by Crippen LogP contribution is -2.44. The van der Waals surface area contributed by atoms with Crippen LogP contribution in [0.3, 0.4) is 0 Å². The highest BCUT2D eigenvalue weighted by Crippen LogP contribution is 2.23. The molecule has 1 atom stereocenters. The molecule has 7 nitrogen and oxygen atoms in total. The van der Waals surface area contributed by atoms with Crippen molar-refractivity contribution in [2.75, 3.05) is 30.7 Å². The Kier molecular flexibility index (Phi) is 8.79. The van der Waals surface area contributed by atoms with E-state index in [1.807, 2.05) is 30.3 Å². The molecular formula is C25H31N3O4S. The van der Waals surface area contributed by atoms with Gasteiger partial charge in [-0.25, -0.2) is 12.7 Å². The summed E-state index contributed by atoms with van der Waals surface area (Å²) in [6.07, 6.45) is 4.04. The summed E-state index contributed by atoms with van der Waals surface area (Å²) in [6, 6.07) is 16.6. The predicted octanol–water partition coefficient (Wildman–Crippen LogP) is 3.22. The fourth-order valence-corrected chi connectivity index (χ4v) is 5.51. The predicted molar refractivity (Wildman–Crippen MR) is 130 cm³/mol. The van der Waals surface area contributed by atoms with Crippen LogP contribution in [-0.4, -0.2) is 49.9 Å². The average molecular weight is 470 g/mol.